The van der Waals surface area contributed by atoms with E-state index in [4.69, 9.17) is 17.2 Å². The van der Waals surface area contributed by atoms with Crippen LogP contribution in [0.15, 0.2) is 24.3 Å². The van der Waals surface area contributed by atoms with Gasteiger partial charge in [-0.15, -0.1) is 0 Å². The first-order valence-electron chi connectivity index (χ1n) is 23.8. The number of nitrogens with two attached hydrogens (primary N) is 3. The molecule has 1 aromatic rings. The van der Waals surface area contributed by atoms with E-state index in [1.54, 1.807) is 26.0 Å². The Morgan fingerprint density at radius 1 is 0.775 bits per heavy atom. The predicted molar refractivity (Wildman–Crippen MR) is 267 cm³/mol. The molecule has 0 spiro atoms. The quantitative estimate of drug-likeness (QED) is 0.0457. The highest BCUT2D eigenvalue weighted by molar-refractivity contribution is 8.76. The number of phenolic OH excluding ortho intramolecular Hbond substituents is 1. The van der Waals surface area contributed by atoms with Crippen molar-refractivity contribution >= 4 is 86.6 Å². The first-order valence-corrected chi connectivity index (χ1v) is 26.3. The molecular weight excluding hydrogens is 963 g/mol. The van der Waals surface area contributed by atoms with Crippen molar-refractivity contribution < 1.29 is 57.8 Å². The van der Waals surface area contributed by atoms with E-state index in [9.17, 15) is 57.8 Å². The minimum absolute atomic E-state index is 0.0260. The third kappa shape index (κ3) is 23.6. The number of amides is 11. The van der Waals surface area contributed by atoms with Gasteiger partial charge in [0.25, 0.3) is 0 Å². The fourth-order valence-electron chi connectivity index (χ4n) is 7.19. The molecule has 14 N–H and O–H groups in total. The monoisotopic (exact) mass is 1040 g/mol. The van der Waals surface area contributed by atoms with Gasteiger partial charge in [0.15, 0.2) is 0 Å². The van der Waals surface area contributed by atoms with Crippen molar-refractivity contribution in [2.45, 2.75) is 141 Å². The molecular formula is C46H73N11O12S2. The highest BCUT2D eigenvalue weighted by Crippen LogP contribution is 2.24. The summed E-state index contributed by atoms with van der Waals surface area (Å²) in [4.78, 5) is 148. The summed E-state index contributed by atoms with van der Waals surface area (Å²) in [5, 5.41) is 27.9. The Bertz CT molecular complexity index is 2010. The molecule has 0 aliphatic carbocycles. The van der Waals surface area contributed by atoms with Crippen LogP contribution in [-0.2, 0) is 59.2 Å². The van der Waals surface area contributed by atoms with Crippen molar-refractivity contribution in [3.63, 3.8) is 0 Å². The number of nitrogens with zero attached hydrogens (tertiary/aromatic N) is 1. The number of unbranched alkanes of at least 4 members (excludes halogenated alkanes) is 3. The minimum atomic E-state index is -1.74. The maximum atomic E-state index is 14.6. The summed E-state index contributed by atoms with van der Waals surface area (Å²) in [6.45, 7) is 8.06. The summed E-state index contributed by atoms with van der Waals surface area (Å²) in [6, 6.07) is -2.40. The van der Waals surface area contributed by atoms with Crippen molar-refractivity contribution in [3.8, 4) is 5.75 Å². The first-order chi connectivity index (χ1) is 33.5. The third-order valence-corrected chi connectivity index (χ3v) is 13.7. The number of rotatable bonds is 23. The molecule has 23 nitrogen and oxygen atoms in total. The van der Waals surface area contributed by atoms with Crippen LogP contribution < -0.4 is 54.4 Å². The Hall–Kier alpha value is -6.11. The minimum Gasteiger partial charge on any atom is -0.508 e. The Kier molecular flexibility index (Phi) is 27.5. The highest BCUT2D eigenvalue weighted by atomic mass is 33.1. The van der Waals surface area contributed by atoms with E-state index in [-0.39, 0.29) is 55.4 Å². The van der Waals surface area contributed by atoms with Crippen LogP contribution in [0.4, 0.5) is 0 Å². The molecule has 1 heterocycles. The summed E-state index contributed by atoms with van der Waals surface area (Å²) in [7, 11) is 2.24. The zero-order chi connectivity index (χ0) is 53.2. The van der Waals surface area contributed by atoms with E-state index in [0.717, 1.165) is 34.4 Å². The fourth-order valence-corrected chi connectivity index (χ4v) is 9.33. The fraction of sp³-hybridized carbons (Fsp3) is 0.630. The zero-order valence-corrected chi connectivity index (χ0v) is 42.8. The second-order valence-corrected chi connectivity index (χ2v) is 20.5. The second-order valence-electron chi connectivity index (χ2n) is 17.8. The van der Waals surface area contributed by atoms with Gasteiger partial charge in [-0.25, -0.2) is 0 Å². The number of carbonyl (C=O) groups is 11. The van der Waals surface area contributed by atoms with Gasteiger partial charge >= 0.3 is 0 Å². The maximum Gasteiger partial charge on any atom is 0.246 e. The number of aromatic hydroxyl groups is 1. The molecule has 396 valence electrons. The molecule has 0 unspecified atom stereocenters. The Morgan fingerprint density at radius 2 is 1.42 bits per heavy atom. The SMILES string of the molecule is CCCCCCN(CC(=O)N[C@@H](CC(C)C)C(=O)NCC(N)=O)C(=O)[C@@H]1CSSCCC(=O)N[C@@H](Cc2ccc(O)cc2)C(=O)N[C@@H]([C@@H](C)CC)C(=O)N[C@@H](CCC(N)=O)C(=O)N[C@@H](CC(N)=O)C(=O)N1. The summed E-state index contributed by atoms with van der Waals surface area (Å²) in [6.07, 6.45) is 1.56. The summed E-state index contributed by atoms with van der Waals surface area (Å²) in [5.41, 5.74) is 16.7. The number of nitrogens with one attached hydrogen (secondary N) is 7. The van der Waals surface area contributed by atoms with Gasteiger partial charge in [0.1, 0.15) is 42.0 Å². The summed E-state index contributed by atoms with van der Waals surface area (Å²) < 4.78 is 0. The summed E-state index contributed by atoms with van der Waals surface area (Å²) >= 11 is 0. The van der Waals surface area contributed by atoms with Crippen LogP contribution in [-0.4, -0.2) is 142 Å². The highest BCUT2D eigenvalue weighted by Gasteiger charge is 2.36. The number of benzene rings is 1. The van der Waals surface area contributed by atoms with E-state index < -0.39 is 133 Å². The van der Waals surface area contributed by atoms with Crippen molar-refractivity contribution in [3.05, 3.63) is 29.8 Å². The van der Waals surface area contributed by atoms with Gasteiger partial charge in [-0.3, -0.25) is 52.7 Å². The number of hydrogen-bond acceptors (Lipinski definition) is 14. The maximum absolute atomic E-state index is 14.6. The normalized spacial score (nSPS) is 20.6. The van der Waals surface area contributed by atoms with Crippen molar-refractivity contribution in [1.82, 2.24) is 42.1 Å². The smallest absolute Gasteiger partial charge is 0.246 e. The van der Waals surface area contributed by atoms with Crippen molar-refractivity contribution in [2.24, 2.45) is 29.0 Å². The lowest BCUT2D eigenvalue weighted by Gasteiger charge is -2.30. The number of primary amides is 3. The number of carbonyl (C=O) groups excluding carboxylic acids is 11. The van der Waals surface area contributed by atoms with E-state index in [1.165, 1.54) is 17.0 Å². The Balaban J connectivity index is 2.66. The van der Waals surface area contributed by atoms with E-state index in [1.807, 2.05) is 20.8 Å². The molecule has 1 saturated heterocycles. The Morgan fingerprint density at radius 3 is 2.03 bits per heavy atom. The molecule has 1 aromatic carbocycles. The molecule has 0 aromatic heterocycles. The van der Waals surface area contributed by atoms with Gasteiger partial charge in [-0.2, -0.15) is 0 Å². The topological polar surface area (TPSA) is 374 Å². The van der Waals surface area contributed by atoms with Crippen LogP contribution in [0.2, 0.25) is 0 Å². The molecule has 0 radical (unpaired) electrons. The van der Waals surface area contributed by atoms with Gasteiger partial charge in [-0.1, -0.05) is 94.0 Å². The second kappa shape index (κ2) is 32.0. The third-order valence-electron chi connectivity index (χ3n) is 11.2. The average molecular weight is 1040 g/mol. The molecule has 1 fully saturated rings. The van der Waals surface area contributed by atoms with Crippen LogP contribution in [0.5, 0.6) is 5.75 Å². The average Bonchev–Trinajstić information content (AvgIpc) is 3.30. The largest absolute Gasteiger partial charge is 0.508 e. The van der Waals surface area contributed by atoms with Gasteiger partial charge in [-0.05, 0) is 48.8 Å². The molecule has 1 aliphatic heterocycles. The van der Waals surface area contributed by atoms with Gasteiger partial charge in [0.05, 0.1) is 19.5 Å². The molecule has 25 heteroatoms. The standard InChI is InChI=1S/C46H73N11O12S2/c1-6-8-9-10-18-57(24-39(63)52-31(20-26(3)4)41(64)50-23-37(49)61)46(69)34-25-71-70-19-17-38(62)51-32(21-28-11-13-29(58)14-12-28)44(67)56-40(27(5)7-2)45(68)53-30(15-16-35(47)59)42(65)54-33(22-36(48)60)43(66)55-34/h11-14,26-27,30-34,40,58H,6-10,15-25H2,1-5H3,(H2,47,59)(H2,48,60)(H2,49,61)(H,50,64)(H,51,62)(H,52,63)(H,53,68)(H,54,65)(H,55,66)(H,56,67)/t27-,30-,31-,32-,33-,34-,40-/m0/s1. The molecule has 0 bridgehead atoms. The molecule has 7 atom stereocenters. The van der Waals surface area contributed by atoms with Gasteiger partial charge in [0, 0.05) is 37.3 Å². The molecule has 71 heavy (non-hydrogen) atoms. The predicted octanol–water partition coefficient (Wildman–Crippen LogP) is -1.13. The van der Waals surface area contributed by atoms with E-state index in [0.29, 0.717) is 24.8 Å². The van der Waals surface area contributed by atoms with Crippen LogP contribution in [0.1, 0.15) is 104 Å². The van der Waals surface area contributed by atoms with Crippen molar-refractivity contribution in [2.75, 3.05) is 31.1 Å². The number of hydrogen-bond donors (Lipinski definition) is 11. The van der Waals surface area contributed by atoms with Gasteiger partial charge in [0.2, 0.25) is 65.0 Å². The lowest BCUT2D eigenvalue weighted by molar-refractivity contribution is -0.140. The first kappa shape index (κ1) is 61.0. The lowest BCUT2D eigenvalue weighted by atomic mass is 9.96. The molecule has 1 aliphatic rings. The van der Waals surface area contributed by atoms with Crippen LogP contribution in [0, 0.1) is 11.8 Å². The van der Waals surface area contributed by atoms with Crippen molar-refractivity contribution in [1.29, 1.82) is 0 Å². The lowest BCUT2D eigenvalue weighted by Crippen LogP contribution is -2.61. The zero-order valence-electron chi connectivity index (χ0n) is 41.2. The van der Waals surface area contributed by atoms with Crippen LogP contribution >= 0.6 is 21.6 Å². The molecule has 11 amide bonds. The molecule has 0 saturated carbocycles. The summed E-state index contributed by atoms with van der Waals surface area (Å²) in [5.74, 6) is -9.72. The van der Waals surface area contributed by atoms with E-state index >= 15 is 0 Å². The van der Waals surface area contributed by atoms with Crippen LogP contribution in [0.25, 0.3) is 0 Å². The molecule has 2 rings (SSSR count). The number of phenols is 1. The van der Waals surface area contributed by atoms with E-state index in [2.05, 4.69) is 37.2 Å². The Labute approximate surface area is 422 Å². The van der Waals surface area contributed by atoms with Gasteiger partial charge < -0.3 is 64.4 Å². The van der Waals surface area contributed by atoms with Crippen LogP contribution in [0.3, 0.4) is 0 Å².